The van der Waals surface area contributed by atoms with Gasteiger partial charge in [0.05, 0.1) is 85.9 Å². The first-order valence-corrected chi connectivity index (χ1v) is 13.4. The highest BCUT2D eigenvalue weighted by Gasteiger charge is 2.18. The Morgan fingerprint density at radius 1 is 0.579 bits per heavy atom. The van der Waals surface area contributed by atoms with Crippen molar-refractivity contribution in [3.63, 3.8) is 0 Å². The Labute approximate surface area is 228 Å². The summed E-state index contributed by atoms with van der Waals surface area (Å²) in [6.45, 7) is 14.7. The fourth-order valence-electron chi connectivity index (χ4n) is 3.24. The summed E-state index contributed by atoms with van der Waals surface area (Å²) >= 11 is 0. The lowest BCUT2D eigenvalue weighted by Crippen LogP contribution is -2.18. The van der Waals surface area contributed by atoms with Crippen LogP contribution in [0.1, 0.15) is 50.7 Å². The van der Waals surface area contributed by atoms with Crippen LogP contribution in [0.5, 0.6) is 5.75 Å². The van der Waals surface area contributed by atoms with Crippen molar-refractivity contribution in [1.29, 1.82) is 0 Å². The minimum Gasteiger partial charge on any atom is -0.432 e. The molecule has 0 bridgehead atoms. The van der Waals surface area contributed by atoms with Crippen LogP contribution in [-0.2, 0) is 37.9 Å². The smallest absolute Gasteiger partial charge is 0.432 e. The Balaban J connectivity index is 1.93. The van der Waals surface area contributed by atoms with Crippen molar-refractivity contribution >= 4 is 6.16 Å². The van der Waals surface area contributed by atoms with Crippen LogP contribution < -0.4 is 4.74 Å². The Kier molecular flexibility index (Phi) is 20.8. The fourth-order valence-corrected chi connectivity index (χ4v) is 3.24. The van der Waals surface area contributed by atoms with Gasteiger partial charge in [-0.1, -0.05) is 45.9 Å². The second-order valence-corrected chi connectivity index (χ2v) is 8.94. The molecule has 0 aromatic heterocycles. The standard InChI is InChI=1S/C28H48O10/c1-23(2)25-7-6-8-26(24(3)4)27(25)38-28(29)37-22-21-36-20-19-35-18-17-34-16-15-33-14-13-32-12-11-31-10-9-30-5/h6-8,23-24H,9-22H2,1-5H3. The molecule has 0 aliphatic heterocycles. The van der Waals surface area contributed by atoms with Gasteiger partial charge in [0.2, 0.25) is 0 Å². The number of hydrogen-bond acceptors (Lipinski definition) is 10. The number of benzene rings is 1. The SMILES string of the molecule is COCCOCCOCCOCCOCCOCCOCCOC(=O)Oc1c(C(C)C)cccc1C(C)C. The largest absolute Gasteiger partial charge is 0.513 e. The average molecular weight is 545 g/mol. The summed E-state index contributed by atoms with van der Waals surface area (Å²) in [5.74, 6) is 1.05. The predicted octanol–water partition coefficient (Wildman–Crippen LogP) is 4.19. The maximum absolute atomic E-state index is 12.2. The van der Waals surface area contributed by atoms with Gasteiger partial charge in [-0.15, -0.1) is 0 Å². The van der Waals surface area contributed by atoms with E-state index in [1.54, 1.807) is 7.11 Å². The second kappa shape index (κ2) is 23.1. The highest BCUT2D eigenvalue weighted by Crippen LogP contribution is 2.34. The molecule has 0 N–H and O–H groups in total. The Morgan fingerprint density at radius 3 is 1.26 bits per heavy atom. The Hall–Kier alpha value is -1.79. The van der Waals surface area contributed by atoms with Crippen LogP contribution in [0.4, 0.5) is 4.79 Å². The van der Waals surface area contributed by atoms with Crippen molar-refractivity contribution in [2.24, 2.45) is 0 Å². The van der Waals surface area contributed by atoms with Gasteiger partial charge in [-0.25, -0.2) is 4.79 Å². The lowest BCUT2D eigenvalue weighted by Gasteiger charge is -2.18. The van der Waals surface area contributed by atoms with Gasteiger partial charge in [0.25, 0.3) is 0 Å². The zero-order valence-electron chi connectivity index (χ0n) is 23.9. The van der Waals surface area contributed by atoms with E-state index >= 15 is 0 Å². The Morgan fingerprint density at radius 2 is 0.921 bits per heavy atom. The third-order valence-electron chi connectivity index (χ3n) is 5.24. The molecule has 0 aliphatic carbocycles. The van der Waals surface area contributed by atoms with E-state index in [9.17, 15) is 4.79 Å². The summed E-state index contributed by atoms with van der Waals surface area (Å²) in [4.78, 5) is 12.2. The van der Waals surface area contributed by atoms with Crippen LogP contribution in [0.15, 0.2) is 18.2 Å². The molecule has 1 rings (SSSR count). The second-order valence-electron chi connectivity index (χ2n) is 8.94. The van der Waals surface area contributed by atoms with Crippen molar-refractivity contribution < 1.29 is 47.4 Å². The highest BCUT2D eigenvalue weighted by atomic mass is 16.7. The molecule has 0 unspecified atom stereocenters. The van der Waals surface area contributed by atoms with E-state index in [-0.39, 0.29) is 25.0 Å². The van der Waals surface area contributed by atoms with Crippen LogP contribution >= 0.6 is 0 Å². The summed E-state index contributed by atoms with van der Waals surface area (Å²) in [6, 6.07) is 5.94. The normalized spacial score (nSPS) is 11.4. The first kappa shape index (κ1) is 34.2. The van der Waals surface area contributed by atoms with Crippen LogP contribution in [0, 0.1) is 0 Å². The molecule has 10 heteroatoms. The van der Waals surface area contributed by atoms with E-state index in [2.05, 4.69) is 27.7 Å². The summed E-state index contributed by atoms with van der Waals surface area (Å²) in [5, 5.41) is 0. The van der Waals surface area contributed by atoms with Crippen molar-refractivity contribution in [1.82, 2.24) is 0 Å². The molecule has 1 aromatic carbocycles. The number of para-hydroxylation sites is 1. The Bertz CT molecular complexity index is 685. The van der Waals surface area contributed by atoms with E-state index in [4.69, 9.17) is 42.6 Å². The molecule has 0 radical (unpaired) electrons. The molecule has 0 saturated heterocycles. The highest BCUT2D eigenvalue weighted by molar-refractivity contribution is 5.66. The molecule has 0 aliphatic rings. The van der Waals surface area contributed by atoms with Gasteiger partial charge < -0.3 is 42.6 Å². The number of rotatable bonds is 24. The number of carbonyl (C=O) groups is 1. The van der Waals surface area contributed by atoms with Gasteiger partial charge in [-0.3, -0.25) is 0 Å². The predicted molar refractivity (Wildman–Crippen MR) is 143 cm³/mol. The third kappa shape index (κ3) is 16.9. The van der Waals surface area contributed by atoms with Gasteiger partial charge in [0, 0.05) is 7.11 Å². The number of ether oxygens (including phenoxy) is 9. The zero-order valence-corrected chi connectivity index (χ0v) is 23.9. The zero-order chi connectivity index (χ0) is 27.8. The molecule has 10 nitrogen and oxygen atoms in total. The number of hydrogen-bond donors (Lipinski definition) is 0. The summed E-state index contributed by atoms with van der Waals surface area (Å²) in [5.41, 5.74) is 1.97. The molecule has 0 fully saturated rings. The lowest BCUT2D eigenvalue weighted by molar-refractivity contribution is -0.0210. The molecular weight excluding hydrogens is 496 g/mol. The first-order valence-electron chi connectivity index (χ1n) is 13.4. The monoisotopic (exact) mass is 544 g/mol. The van der Waals surface area contributed by atoms with Crippen LogP contribution in [-0.4, -0.2) is 106 Å². The van der Waals surface area contributed by atoms with Gasteiger partial charge in [0.15, 0.2) is 0 Å². The molecule has 0 spiro atoms. The van der Waals surface area contributed by atoms with Crippen molar-refractivity contribution in [2.75, 3.05) is 99.6 Å². The van der Waals surface area contributed by atoms with E-state index in [1.807, 2.05) is 18.2 Å². The van der Waals surface area contributed by atoms with E-state index < -0.39 is 6.16 Å². The van der Waals surface area contributed by atoms with Gasteiger partial charge in [-0.05, 0) is 23.0 Å². The van der Waals surface area contributed by atoms with Crippen LogP contribution in [0.25, 0.3) is 0 Å². The molecule has 220 valence electrons. The number of carbonyl (C=O) groups excluding carboxylic acids is 1. The molecule has 0 saturated carbocycles. The quantitative estimate of drug-likeness (QED) is 0.107. The van der Waals surface area contributed by atoms with Crippen LogP contribution in [0.3, 0.4) is 0 Å². The molecule has 0 amide bonds. The van der Waals surface area contributed by atoms with E-state index in [1.165, 1.54) is 0 Å². The van der Waals surface area contributed by atoms with Crippen molar-refractivity contribution in [2.45, 2.75) is 39.5 Å². The topological polar surface area (TPSA) is 100 Å². The van der Waals surface area contributed by atoms with E-state index in [0.29, 0.717) is 85.0 Å². The minimum atomic E-state index is -0.725. The molecule has 38 heavy (non-hydrogen) atoms. The molecule has 0 heterocycles. The molecule has 0 atom stereocenters. The number of methoxy groups -OCH3 is 1. The fraction of sp³-hybridized carbons (Fsp3) is 0.750. The maximum Gasteiger partial charge on any atom is 0.513 e. The summed E-state index contributed by atoms with van der Waals surface area (Å²) < 4.78 is 48.1. The summed E-state index contributed by atoms with van der Waals surface area (Å²) in [6.07, 6.45) is -0.725. The summed E-state index contributed by atoms with van der Waals surface area (Å²) in [7, 11) is 1.64. The first-order chi connectivity index (χ1) is 18.5. The van der Waals surface area contributed by atoms with Crippen molar-refractivity contribution in [3.8, 4) is 5.75 Å². The van der Waals surface area contributed by atoms with Gasteiger partial charge in [0.1, 0.15) is 12.4 Å². The lowest BCUT2D eigenvalue weighted by atomic mass is 9.94. The van der Waals surface area contributed by atoms with Crippen molar-refractivity contribution in [3.05, 3.63) is 29.3 Å². The third-order valence-corrected chi connectivity index (χ3v) is 5.24. The van der Waals surface area contributed by atoms with Gasteiger partial charge >= 0.3 is 6.16 Å². The average Bonchev–Trinajstić information content (AvgIpc) is 2.89. The minimum absolute atomic E-state index is 0.107. The van der Waals surface area contributed by atoms with Gasteiger partial charge in [-0.2, -0.15) is 0 Å². The maximum atomic E-state index is 12.2. The molecular formula is C28H48O10. The molecule has 1 aromatic rings. The van der Waals surface area contributed by atoms with Crippen LogP contribution in [0.2, 0.25) is 0 Å². The van der Waals surface area contributed by atoms with E-state index in [0.717, 1.165) is 11.1 Å².